The highest BCUT2D eigenvalue weighted by atomic mass is 35.5. The fourth-order valence-corrected chi connectivity index (χ4v) is 3.77. The molecule has 0 spiro atoms. The van der Waals surface area contributed by atoms with Gasteiger partial charge in [0.25, 0.3) is 0 Å². The van der Waals surface area contributed by atoms with Gasteiger partial charge in [-0.15, -0.1) is 0 Å². The molecule has 0 saturated carbocycles. The van der Waals surface area contributed by atoms with E-state index in [9.17, 15) is 9.59 Å². The zero-order chi connectivity index (χ0) is 27.1. The molecule has 0 aromatic heterocycles. The lowest BCUT2D eigenvalue weighted by Crippen LogP contribution is -2.09. The molecule has 0 bridgehead atoms. The molecule has 0 aliphatic carbocycles. The molecule has 1 aliphatic heterocycles. The van der Waals surface area contributed by atoms with Crippen molar-refractivity contribution in [1.82, 2.24) is 0 Å². The number of cyclic esters (lactones) is 1. The Labute approximate surface area is 230 Å². The van der Waals surface area contributed by atoms with Crippen LogP contribution in [0, 0.1) is 0 Å². The molecular weight excluding hydrogens is 529 g/mol. The van der Waals surface area contributed by atoms with Crippen molar-refractivity contribution in [3.8, 4) is 17.2 Å². The van der Waals surface area contributed by atoms with Gasteiger partial charge in [0.05, 0.1) is 28.8 Å². The molecular formula is C29H25Cl2NO6. The highest BCUT2D eigenvalue weighted by Crippen LogP contribution is 2.32. The zero-order valence-electron chi connectivity index (χ0n) is 20.8. The predicted molar refractivity (Wildman–Crippen MR) is 146 cm³/mol. The van der Waals surface area contributed by atoms with E-state index < -0.39 is 11.9 Å². The van der Waals surface area contributed by atoms with E-state index in [4.69, 9.17) is 42.1 Å². The minimum Gasteiger partial charge on any atom is -0.494 e. The lowest BCUT2D eigenvalue weighted by molar-refractivity contribution is -0.129. The van der Waals surface area contributed by atoms with E-state index in [1.54, 1.807) is 43.3 Å². The Morgan fingerprint density at radius 1 is 0.947 bits per heavy atom. The lowest BCUT2D eigenvalue weighted by Gasteiger charge is -2.12. The van der Waals surface area contributed by atoms with Crippen LogP contribution in [0.25, 0.3) is 6.08 Å². The summed E-state index contributed by atoms with van der Waals surface area (Å²) in [7, 11) is 0. The number of benzene rings is 3. The summed E-state index contributed by atoms with van der Waals surface area (Å²) in [6.45, 7) is 4.89. The van der Waals surface area contributed by atoms with E-state index in [0.717, 1.165) is 18.6 Å². The first kappa shape index (κ1) is 27.2. The van der Waals surface area contributed by atoms with Gasteiger partial charge in [0.2, 0.25) is 5.90 Å². The van der Waals surface area contributed by atoms with Crippen molar-refractivity contribution in [2.45, 2.75) is 26.7 Å². The maximum Gasteiger partial charge on any atom is 0.363 e. The third-order valence-corrected chi connectivity index (χ3v) is 6.16. The van der Waals surface area contributed by atoms with Crippen molar-refractivity contribution in [1.29, 1.82) is 0 Å². The summed E-state index contributed by atoms with van der Waals surface area (Å²) >= 11 is 11.9. The molecule has 1 heterocycles. The van der Waals surface area contributed by atoms with Gasteiger partial charge in [0, 0.05) is 5.56 Å². The van der Waals surface area contributed by atoms with Crippen molar-refractivity contribution in [3.05, 3.63) is 93.1 Å². The molecule has 0 unspecified atom stereocenters. The van der Waals surface area contributed by atoms with Gasteiger partial charge in [0.1, 0.15) is 5.75 Å². The summed E-state index contributed by atoms with van der Waals surface area (Å²) in [5.41, 5.74) is 1.64. The number of rotatable bonds is 10. The van der Waals surface area contributed by atoms with Crippen LogP contribution in [0.15, 0.2) is 71.4 Å². The van der Waals surface area contributed by atoms with Crippen molar-refractivity contribution < 1.29 is 28.5 Å². The second kappa shape index (κ2) is 12.6. The Bertz CT molecular complexity index is 1400. The van der Waals surface area contributed by atoms with Gasteiger partial charge in [-0.3, -0.25) is 0 Å². The first-order valence-corrected chi connectivity index (χ1v) is 12.8. The largest absolute Gasteiger partial charge is 0.494 e. The normalized spacial score (nSPS) is 13.7. The number of hydrogen-bond donors (Lipinski definition) is 0. The van der Waals surface area contributed by atoms with Crippen LogP contribution in [-0.2, 0) is 9.53 Å². The van der Waals surface area contributed by atoms with E-state index in [1.807, 2.05) is 12.1 Å². The number of carbonyl (C=O) groups is 2. The molecule has 3 aromatic rings. The number of nitrogens with zero attached hydrogens (tertiary/aromatic N) is 1. The first-order valence-electron chi connectivity index (χ1n) is 12.1. The Morgan fingerprint density at radius 3 is 2.45 bits per heavy atom. The monoisotopic (exact) mass is 553 g/mol. The number of unbranched alkanes of at least 4 members (excludes halogenated alkanes) is 1. The summed E-state index contributed by atoms with van der Waals surface area (Å²) in [4.78, 5) is 29.5. The third kappa shape index (κ3) is 6.73. The van der Waals surface area contributed by atoms with Crippen LogP contribution in [0.2, 0.25) is 10.0 Å². The van der Waals surface area contributed by atoms with Crippen LogP contribution in [0.4, 0.5) is 0 Å². The van der Waals surface area contributed by atoms with Crippen molar-refractivity contribution >= 4 is 47.1 Å². The maximum atomic E-state index is 12.6. The molecule has 1 aliphatic rings. The zero-order valence-corrected chi connectivity index (χ0v) is 22.3. The van der Waals surface area contributed by atoms with E-state index in [1.165, 1.54) is 18.2 Å². The molecule has 0 fully saturated rings. The van der Waals surface area contributed by atoms with Crippen LogP contribution in [-0.4, -0.2) is 31.1 Å². The molecule has 0 radical (unpaired) electrons. The van der Waals surface area contributed by atoms with Crippen LogP contribution >= 0.6 is 23.2 Å². The fourth-order valence-electron chi connectivity index (χ4n) is 3.47. The van der Waals surface area contributed by atoms with Crippen molar-refractivity contribution in [3.63, 3.8) is 0 Å². The summed E-state index contributed by atoms with van der Waals surface area (Å²) < 4.78 is 22.2. The van der Waals surface area contributed by atoms with Crippen molar-refractivity contribution in [2.75, 3.05) is 13.2 Å². The van der Waals surface area contributed by atoms with Crippen LogP contribution < -0.4 is 14.2 Å². The molecule has 9 heteroatoms. The quantitative estimate of drug-likeness (QED) is 0.115. The first-order chi connectivity index (χ1) is 18.4. The Balaban J connectivity index is 1.52. The fraction of sp³-hybridized carbons (Fsp3) is 0.207. The highest BCUT2D eigenvalue weighted by molar-refractivity contribution is 6.42. The van der Waals surface area contributed by atoms with Gasteiger partial charge in [-0.25, -0.2) is 14.6 Å². The Morgan fingerprint density at radius 2 is 1.74 bits per heavy atom. The average Bonchev–Trinajstić information content (AvgIpc) is 3.27. The van der Waals surface area contributed by atoms with Crippen LogP contribution in [0.5, 0.6) is 17.2 Å². The standard InChI is InChI=1S/C29H25Cl2NO6/c1-3-5-14-36-21-10-7-19(8-11-21)27-32-24(29(34)38-27)15-18-6-13-25(26(16-18)35-4-2)37-28(33)20-9-12-22(30)23(31)17-20/h6-13,15-17H,3-5,14H2,1-2H3/b24-15-. The molecule has 0 atom stereocenters. The van der Waals surface area contributed by atoms with Gasteiger partial charge in [-0.2, -0.15) is 0 Å². The second-order valence-electron chi connectivity index (χ2n) is 8.22. The van der Waals surface area contributed by atoms with Crippen LogP contribution in [0.1, 0.15) is 48.2 Å². The number of hydrogen-bond acceptors (Lipinski definition) is 7. The third-order valence-electron chi connectivity index (χ3n) is 5.42. The van der Waals surface area contributed by atoms with Gasteiger partial charge in [-0.1, -0.05) is 42.6 Å². The topological polar surface area (TPSA) is 83.4 Å². The van der Waals surface area contributed by atoms with E-state index >= 15 is 0 Å². The summed E-state index contributed by atoms with van der Waals surface area (Å²) in [5.74, 6) is 0.293. The average molecular weight is 554 g/mol. The van der Waals surface area contributed by atoms with Gasteiger partial charge in [-0.05, 0) is 79.6 Å². The van der Waals surface area contributed by atoms with Gasteiger partial charge < -0.3 is 18.9 Å². The molecule has 3 aromatic carbocycles. The number of ether oxygens (including phenoxy) is 4. The molecule has 38 heavy (non-hydrogen) atoms. The Hall–Kier alpha value is -3.81. The SMILES string of the molecule is CCCCOc1ccc(C2=N/C(=C\c3ccc(OC(=O)c4ccc(Cl)c(Cl)c4)c(OCC)c3)C(=O)O2)cc1. The summed E-state index contributed by atoms with van der Waals surface area (Å²) in [6, 6.07) is 16.6. The minimum atomic E-state index is -0.619. The summed E-state index contributed by atoms with van der Waals surface area (Å²) in [5, 5.41) is 0.577. The summed E-state index contributed by atoms with van der Waals surface area (Å²) in [6.07, 6.45) is 3.61. The van der Waals surface area contributed by atoms with Gasteiger partial charge >= 0.3 is 11.9 Å². The second-order valence-corrected chi connectivity index (χ2v) is 9.03. The lowest BCUT2D eigenvalue weighted by atomic mass is 10.1. The van der Waals surface area contributed by atoms with Crippen LogP contribution in [0.3, 0.4) is 0 Å². The highest BCUT2D eigenvalue weighted by Gasteiger charge is 2.24. The molecule has 0 N–H and O–H groups in total. The molecule has 196 valence electrons. The minimum absolute atomic E-state index is 0.131. The van der Waals surface area contributed by atoms with Gasteiger partial charge in [0.15, 0.2) is 17.2 Å². The number of halogens is 2. The van der Waals surface area contributed by atoms with E-state index in [2.05, 4.69) is 11.9 Å². The molecule has 7 nitrogen and oxygen atoms in total. The molecule has 4 rings (SSSR count). The van der Waals surface area contributed by atoms with Crippen molar-refractivity contribution in [2.24, 2.45) is 4.99 Å². The smallest absolute Gasteiger partial charge is 0.363 e. The number of esters is 2. The van der Waals surface area contributed by atoms with E-state index in [-0.39, 0.29) is 27.9 Å². The predicted octanol–water partition coefficient (Wildman–Crippen LogP) is 7.13. The maximum absolute atomic E-state index is 12.6. The number of aliphatic imine (C=N–C) groups is 1. The molecule has 0 amide bonds. The van der Waals surface area contributed by atoms with E-state index in [0.29, 0.717) is 35.1 Å². The molecule has 0 saturated heterocycles. The number of carbonyl (C=O) groups excluding carboxylic acids is 2. The Kier molecular flexibility index (Phi) is 9.05.